The van der Waals surface area contributed by atoms with E-state index in [1.54, 1.807) is 7.11 Å². The van der Waals surface area contributed by atoms with E-state index >= 15 is 0 Å². The predicted molar refractivity (Wildman–Crippen MR) is 130 cm³/mol. The molecule has 3 heterocycles. The number of methoxy groups -OCH3 is 1. The molecule has 2 aromatic rings. The summed E-state index contributed by atoms with van der Waals surface area (Å²) in [7, 11) is 1.70. The molecule has 1 aromatic carbocycles. The van der Waals surface area contributed by atoms with Crippen LogP contribution < -0.4 is 5.32 Å². The van der Waals surface area contributed by atoms with Gasteiger partial charge in [0.25, 0.3) is 5.91 Å². The first-order valence-corrected chi connectivity index (χ1v) is 12.5. The molecule has 0 saturated carbocycles. The fourth-order valence-electron chi connectivity index (χ4n) is 5.06. The molecular weight excluding hydrogens is 434 g/mol. The minimum atomic E-state index is -0.133. The molecule has 1 aromatic heterocycles. The van der Waals surface area contributed by atoms with Crippen LogP contribution in [0.3, 0.4) is 0 Å². The maximum Gasteiger partial charge on any atom is 0.290 e. The Bertz CT molecular complexity index is 971. The van der Waals surface area contributed by atoms with Crippen molar-refractivity contribution in [3.63, 3.8) is 0 Å². The number of para-hydroxylation sites is 2. The molecule has 2 aliphatic heterocycles. The number of rotatable bonds is 9. The summed E-state index contributed by atoms with van der Waals surface area (Å²) in [6, 6.07) is 7.85. The predicted octanol–water partition coefficient (Wildman–Crippen LogP) is 1.76. The molecule has 2 fully saturated rings. The van der Waals surface area contributed by atoms with Crippen LogP contribution in [0, 0.1) is 5.92 Å². The van der Waals surface area contributed by atoms with Crippen molar-refractivity contribution in [3.05, 3.63) is 30.1 Å². The summed E-state index contributed by atoms with van der Waals surface area (Å²) < 4.78 is 12.6. The molecule has 2 aliphatic rings. The van der Waals surface area contributed by atoms with Gasteiger partial charge in [-0.2, -0.15) is 0 Å². The van der Waals surface area contributed by atoms with Crippen LogP contribution in [0.15, 0.2) is 24.3 Å². The van der Waals surface area contributed by atoms with Gasteiger partial charge in [-0.3, -0.25) is 9.59 Å². The lowest BCUT2D eigenvalue weighted by atomic mass is 9.93. The fourth-order valence-corrected chi connectivity index (χ4v) is 5.06. The van der Waals surface area contributed by atoms with Gasteiger partial charge in [0.2, 0.25) is 5.91 Å². The van der Waals surface area contributed by atoms with E-state index in [4.69, 9.17) is 14.5 Å². The van der Waals surface area contributed by atoms with Crippen molar-refractivity contribution in [1.82, 2.24) is 24.7 Å². The Morgan fingerprint density at radius 1 is 1.21 bits per heavy atom. The van der Waals surface area contributed by atoms with Gasteiger partial charge in [0.1, 0.15) is 0 Å². The van der Waals surface area contributed by atoms with Crippen LogP contribution in [0.25, 0.3) is 11.0 Å². The van der Waals surface area contributed by atoms with Crippen LogP contribution in [0.4, 0.5) is 0 Å². The lowest BCUT2D eigenvalue weighted by Crippen LogP contribution is -2.55. The normalized spacial score (nSPS) is 21.1. The van der Waals surface area contributed by atoms with Gasteiger partial charge in [-0.1, -0.05) is 12.1 Å². The average molecular weight is 472 g/mol. The number of ether oxygens (including phenoxy) is 2. The topological polar surface area (TPSA) is 88.9 Å². The molecule has 0 unspecified atom stereocenters. The Hall–Kier alpha value is -2.49. The lowest BCUT2D eigenvalue weighted by molar-refractivity contribution is -0.140. The first-order chi connectivity index (χ1) is 16.6. The third-order valence-electron chi connectivity index (χ3n) is 6.87. The van der Waals surface area contributed by atoms with Crippen molar-refractivity contribution in [2.24, 2.45) is 5.92 Å². The van der Waals surface area contributed by atoms with Crippen molar-refractivity contribution in [3.8, 4) is 0 Å². The molecule has 0 bridgehead atoms. The number of nitrogens with one attached hydrogen (secondary N) is 1. The number of unbranched alkanes of at least 4 members (excludes halogenated alkanes) is 1. The second kappa shape index (κ2) is 11.8. The number of likely N-dealkylation sites (N-methyl/N-ethyl adjacent to an activating group) is 1. The molecule has 2 amide bonds. The van der Waals surface area contributed by atoms with Crippen LogP contribution in [0.1, 0.15) is 36.8 Å². The van der Waals surface area contributed by atoms with Gasteiger partial charge in [-0.15, -0.1) is 0 Å². The molecule has 0 radical (unpaired) electrons. The third kappa shape index (κ3) is 5.42. The number of benzene rings is 1. The van der Waals surface area contributed by atoms with E-state index < -0.39 is 0 Å². The summed E-state index contributed by atoms with van der Waals surface area (Å²) in [6.07, 6.45) is 2.49. The number of carbonyl (C=O) groups excluding carboxylic acids is 2. The molecule has 186 valence electrons. The van der Waals surface area contributed by atoms with Gasteiger partial charge in [-0.05, 0) is 38.3 Å². The number of carbonyl (C=O) groups is 2. The van der Waals surface area contributed by atoms with Crippen LogP contribution in [-0.4, -0.2) is 96.9 Å². The number of hydrogen-bond donors (Lipinski definition) is 1. The van der Waals surface area contributed by atoms with Crippen molar-refractivity contribution < 1.29 is 19.1 Å². The SMILES string of the molecule is CCN(C(=O)c1nc2ccccc2n1CCCCOC)[C@@H]1CNC[C@H](C(=O)N2CCOCC2)C1. The van der Waals surface area contributed by atoms with Gasteiger partial charge < -0.3 is 29.2 Å². The van der Waals surface area contributed by atoms with E-state index in [0.717, 1.165) is 23.9 Å². The quantitative estimate of drug-likeness (QED) is 0.561. The van der Waals surface area contributed by atoms with E-state index in [1.807, 2.05) is 45.6 Å². The first-order valence-electron chi connectivity index (χ1n) is 12.5. The van der Waals surface area contributed by atoms with Gasteiger partial charge in [-0.25, -0.2) is 4.98 Å². The molecule has 1 N–H and O–H groups in total. The van der Waals surface area contributed by atoms with E-state index in [0.29, 0.717) is 71.3 Å². The Morgan fingerprint density at radius 3 is 2.76 bits per heavy atom. The number of amides is 2. The number of fused-ring (bicyclic) bond motifs is 1. The minimum Gasteiger partial charge on any atom is -0.385 e. The molecular formula is C25H37N5O4. The van der Waals surface area contributed by atoms with Gasteiger partial charge >= 0.3 is 0 Å². The summed E-state index contributed by atoms with van der Waals surface area (Å²) in [4.78, 5) is 35.4. The zero-order chi connectivity index (χ0) is 23.9. The molecule has 4 rings (SSSR count). The number of hydrogen-bond acceptors (Lipinski definition) is 6. The molecule has 34 heavy (non-hydrogen) atoms. The molecule has 0 spiro atoms. The van der Waals surface area contributed by atoms with E-state index in [9.17, 15) is 9.59 Å². The highest BCUT2D eigenvalue weighted by Crippen LogP contribution is 2.23. The summed E-state index contributed by atoms with van der Waals surface area (Å²) in [6.45, 7) is 7.77. The number of nitrogens with zero attached hydrogens (tertiary/aromatic N) is 4. The molecule has 2 saturated heterocycles. The zero-order valence-corrected chi connectivity index (χ0v) is 20.4. The lowest BCUT2D eigenvalue weighted by Gasteiger charge is -2.39. The maximum atomic E-state index is 13.8. The van der Waals surface area contributed by atoms with Crippen molar-refractivity contribution >= 4 is 22.8 Å². The summed E-state index contributed by atoms with van der Waals surface area (Å²) in [5.74, 6) is 0.430. The number of morpholine rings is 1. The highest BCUT2D eigenvalue weighted by Gasteiger charge is 2.36. The largest absolute Gasteiger partial charge is 0.385 e. The van der Waals surface area contributed by atoms with Gasteiger partial charge in [0.15, 0.2) is 5.82 Å². The molecule has 2 atom stereocenters. The van der Waals surface area contributed by atoms with Gasteiger partial charge in [0.05, 0.1) is 30.2 Å². The highest BCUT2D eigenvalue weighted by atomic mass is 16.5. The summed E-state index contributed by atoms with van der Waals surface area (Å²) in [5.41, 5.74) is 1.80. The Morgan fingerprint density at radius 2 is 2.00 bits per heavy atom. The highest BCUT2D eigenvalue weighted by molar-refractivity contribution is 5.95. The van der Waals surface area contributed by atoms with E-state index in [-0.39, 0.29) is 23.8 Å². The zero-order valence-electron chi connectivity index (χ0n) is 20.4. The van der Waals surface area contributed by atoms with E-state index in [2.05, 4.69) is 5.32 Å². The minimum absolute atomic E-state index is 0.0528. The Labute approximate surface area is 201 Å². The standard InChI is InChI=1S/C25H37N5O4/c1-3-29(20-16-19(17-26-18-20)24(31)28-11-14-34-15-12-28)25(32)23-27-21-8-4-5-9-22(21)30(23)10-6-7-13-33-2/h4-5,8-9,19-20,26H,3,6-7,10-18H2,1-2H3/t19-,20+/m1/s1. The molecule has 9 heteroatoms. The molecule has 0 aliphatic carbocycles. The fraction of sp³-hybridized carbons (Fsp3) is 0.640. The van der Waals surface area contributed by atoms with Crippen LogP contribution in [0.5, 0.6) is 0 Å². The van der Waals surface area contributed by atoms with Crippen molar-refractivity contribution in [1.29, 1.82) is 0 Å². The van der Waals surface area contributed by atoms with Crippen molar-refractivity contribution in [2.45, 2.75) is 38.8 Å². The van der Waals surface area contributed by atoms with Crippen LogP contribution >= 0.6 is 0 Å². The second-order valence-corrected chi connectivity index (χ2v) is 9.05. The number of aromatic nitrogens is 2. The summed E-state index contributed by atoms with van der Waals surface area (Å²) >= 11 is 0. The third-order valence-corrected chi connectivity index (χ3v) is 6.87. The number of aryl methyl sites for hydroxylation is 1. The van der Waals surface area contributed by atoms with Crippen LogP contribution in [-0.2, 0) is 20.8 Å². The summed E-state index contributed by atoms with van der Waals surface area (Å²) in [5, 5.41) is 3.40. The maximum absolute atomic E-state index is 13.8. The smallest absolute Gasteiger partial charge is 0.290 e. The van der Waals surface area contributed by atoms with E-state index in [1.165, 1.54) is 0 Å². The Kier molecular flexibility index (Phi) is 8.53. The Balaban J connectivity index is 1.52. The number of imidazole rings is 1. The first kappa shape index (κ1) is 24.6. The molecule has 9 nitrogen and oxygen atoms in total. The van der Waals surface area contributed by atoms with Gasteiger partial charge in [0, 0.05) is 59.0 Å². The van der Waals surface area contributed by atoms with Crippen molar-refractivity contribution in [2.75, 3.05) is 59.7 Å². The monoisotopic (exact) mass is 471 g/mol. The average Bonchev–Trinajstić information content (AvgIpc) is 3.26. The number of piperidine rings is 1. The second-order valence-electron chi connectivity index (χ2n) is 9.05. The van der Waals surface area contributed by atoms with Crippen LogP contribution in [0.2, 0.25) is 0 Å².